The fourth-order valence-corrected chi connectivity index (χ4v) is 12.3. The Balaban J connectivity index is 0.000000253. The van der Waals surface area contributed by atoms with Crippen LogP contribution in [0.4, 0.5) is 13.2 Å². The van der Waals surface area contributed by atoms with Crippen molar-refractivity contribution >= 4 is 37.5 Å². The minimum Gasteiger partial charge on any atom is -0.370 e. The predicted molar refractivity (Wildman–Crippen MR) is 270 cm³/mol. The van der Waals surface area contributed by atoms with Crippen LogP contribution in [0.1, 0.15) is 73.1 Å². The fourth-order valence-electron chi connectivity index (χ4n) is 7.87. The molecule has 0 radical (unpaired) electrons. The summed E-state index contributed by atoms with van der Waals surface area (Å²) in [4.78, 5) is 92.9. The number of hydrogen-bond acceptors (Lipinski definition) is 19. The molecular weight excluding hydrogens is 1140 g/mol. The maximum atomic E-state index is 14.9. The van der Waals surface area contributed by atoms with E-state index in [0.717, 1.165) is 62.0 Å². The van der Waals surface area contributed by atoms with Gasteiger partial charge >= 0.3 is 24.7 Å². The first-order valence-electron chi connectivity index (χ1n) is 23.6. The van der Waals surface area contributed by atoms with Gasteiger partial charge in [-0.15, -0.1) is 0 Å². The van der Waals surface area contributed by atoms with E-state index in [1.54, 1.807) is 41.5 Å². The molecule has 3 fully saturated rings. The van der Waals surface area contributed by atoms with E-state index in [1.165, 1.54) is 14.1 Å². The Morgan fingerprint density at radius 2 is 0.974 bits per heavy atom. The van der Waals surface area contributed by atoms with Crippen LogP contribution in [-0.4, -0.2) is 168 Å². The molecule has 36 heteroatoms. The zero-order valence-electron chi connectivity index (χ0n) is 43.1. The first-order valence-corrected chi connectivity index (χ1v) is 30.5. The number of aromatic nitrogens is 6. The standard InChI is InChI=1S/C14H22FN3O6S.C14H20FN3O6S.C14H22FN2O9PS/c2*1-8(2)23-12-9(5-7-25(21,22)16-3)24-13(11(12)15)18-6-4-10(19)17-14(18)20;1-8(2)25-12-9(4-6-28(23,24)7-27(20,21)22)26-13(11(12)15)17-5-3-10(18)16-14(17)19/h4,6,8-9,11-13,16H,5,7H2,1-3H3,(H,17,19,20);4-9,11-13,16H,1-3H3,(H,17,19,20);3,5,8-9,11-13H,4,6-7H2,1-2H3,(H,16,18,19)(H2,20,21,22)/b;7-5+;/t3*9-,11-,12-,13-/m111/s1. The molecule has 29 nitrogen and oxygen atoms in total. The highest BCUT2D eigenvalue weighted by atomic mass is 32.2. The third kappa shape index (κ3) is 18.9. The molecule has 0 amide bonds. The van der Waals surface area contributed by atoms with Crippen molar-refractivity contribution in [3.05, 3.63) is 111 Å². The van der Waals surface area contributed by atoms with Gasteiger partial charge in [-0.2, -0.15) is 0 Å². The van der Waals surface area contributed by atoms with Gasteiger partial charge in [0.25, 0.3) is 16.7 Å². The van der Waals surface area contributed by atoms with Crippen molar-refractivity contribution in [2.24, 2.45) is 0 Å². The van der Waals surface area contributed by atoms with Gasteiger partial charge in [-0.3, -0.25) is 47.6 Å². The van der Waals surface area contributed by atoms with Gasteiger partial charge in [0, 0.05) is 42.2 Å². The molecule has 442 valence electrons. The van der Waals surface area contributed by atoms with Crippen LogP contribution in [0.3, 0.4) is 0 Å². The van der Waals surface area contributed by atoms with Gasteiger partial charge in [0.05, 0.1) is 42.0 Å². The molecule has 7 N–H and O–H groups in total. The van der Waals surface area contributed by atoms with Crippen molar-refractivity contribution in [3.63, 3.8) is 0 Å². The first-order chi connectivity index (χ1) is 36.1. The van der Waals surface area contributed by atoms with Crippen molar-refractivity contribution in [1.29, 1.82) is 0 Å². The molecule has 0 aliphatic carbocycles. The van der Waals surface area contributed by atoms with Crippen LogP contribution in [0.25, 0.3) is 0 Å². The molecule has 0 bridgehead atoms. The number of ether oxygens (including phenoxy) is 6. The lowest BCUT2D eigenvalue weighted by atomic mass is 10.1. The zero-order valence-corrected chi connectivity index (χ0v) is 46.5. The van der Waals surface area contributed by atoms with E-state index < -0.39 is 162 Å². The van der Waals surface area contributed by atoms with Gasteiger partial charge in [0.2, 0.25) is 20.0 Å². The van der Waals surface area contributed by atoms with Crippen LogP contribution in [0.15, 0.2) is 77.0 Å². The smallest absolute Gasteiger partial charge is 0.340 e. The monoisotopic (exact) mass is 1200 g/mol. The highest BCUT2D eigenvalue weighted by molar-refractivity contribution is 7.97. The van der Waals surface area contributed by atoms with Crippen LogP contribution in [-0.2, 0) is 62.9 Å². The Labute approximate surface area is 443 Å². The van der Waals surface area contributed by atoms with E-state index in [4.69, 9.17) is 38.2 Å². The van der Waals surface area contributed by atoms with Gasteiger partial charge in [-0.25, -0.2) is 62.3 Å². The van der Waals surface area contributed by atoms with Crippen LogP contribution >= 0.6 is 7.60 Å². The molecule has 0 unspecified atom stereocenters. The normalized spacial score (nSPS) is 26.8. The molecule has 78 heavy (non-hydrogen) atoms. The van der Waals surface area contributed by atoms with E-state index >= 15 is 0 Å². The number of sulfonamides is 2. The number of alkyl halides is 3. The number of H-pyrrole nitrogens is 3. The average molecular weight is 1200 g/mol. The molecular formula is C42H64F3N8O21PS3. The van der Waals surface area contributed by atoms with Crippen molar-refractivity contribution in [2.45, 2.75) is 147 Å². The lowest BCUT2D eigenvalue weighted by Crippen LogP contribution is -2.37. The molecule has 0 spiro atoms. The molecule has 3 aromatic rings. The van der Waals surface area contributed by atoms with Gasteiger partial charge in [-0.1, -0.05) is 0 Å². The Kier molecular flexibility index (Phi) is 23.3. The maximum absolute atomic E-state index is 14.9. The molecule has 6 heterocycles. The van der Waals surface area contributed by atoms with E-state index in [-0.39, 0.29) is 30.8 Å². The zero-order chi connectivity index (χ0) is 58.8. The highest BCUT2D eigenvalue weighted by Crippen LogP contribution is 2.39. The van der Waals surface area contributed by atoms with Crippen molar-refractivity contribution in [1.82, 2.24) is 38.1 Å². The SMILES string of the molecule is CC(C)O[C@H]1[C@@H](F)[C@H](n2ccc(=O)[nH]c2=O)O[C@@H]1CCS(=O)(=O)CP(=O)(O)O.CNS(=O)(=O)/C=C/[C@H]1O[C@@H](n2ccc(=O)[nH]c2=O)[C@H](F)[C@@H]1OC(C)C.CNS(=O)(=O)CC[C@H]1O[C@@H](n2ccc(=O)[nH]c2=O)[C@H](F)[C@@H]1OC(C)C. The molecule has 0 saturated carbocycles. The number of nitrogens with zero attached hydrogens (tertiary/aromatic N) is 3. The van der Waals surface area contributed by atoms with Crippen molar-refractivity contribution < 1.29 is 81.2 Å². The largest absolute Gasteiger partial charge is 0.370 e. The minimum atomic E-state index is -4.78. The number of nitrogens with one attached hydrogen (secondary N) is 5. The van der Waals surface area contributed by atoms with Crippen molar-refractivity contribution in [3.8, 4) is 0 Å². The minimum absolute atomic E-state index is 0.00438. The summed E-state index contributed by atoms with van der Waals surface area (Å²) in [6.07, 6.45) is -12.7. The second kappa shape index (κ2) is 27.6. The van der Waals surface area contributed by atoms with Gasteiger partial charge < -0.3 is 38.2 Å². The number of sulfone groups is 1. The summed E-state index contributed by atoms with van der Waals surface area (Å²) >= 11 is 0. The Bertz CT molecular complexity index is 3290. The number of aromatic amines is 3. The van der Waals surface area contributed by atoms with E-state index in [0.29, 0.717) is 0 Å². The summed E-state index contributed by atoms with van der Waals surface area (Å²) in [5.74, 6) is -0.938. The third-order valence-corrected chi connectivity index (χ3v) is 17.5. The summed E-state index contributed by atoms with van der Waals surface area (Å²) < 4.78 is 166. The lowest BCUT2D eigenvalue weighted by molar-refractivity contribution is -0.0582. The second-order valence-electron chi connectivity index (χ2n) is 18.4. The number of halogens is 3. The van der Waals surface area contributed by atoms with E-state index in [9.17, 15) is 71.8 Å². The van der Waals surface area contributed by atoms with Crippen LogP contribution in [0.2, 0.25) is 0 Å². The van der Waals surface area contributed by atoms with Crippen LogP contribution in [0, 0.1) is 0 Å². The molecule has 3 aliphatic heterocycles. The average Bonchev–Trinajstić information content (AvgIpc) is 3.92. The summed E-state index contributed by atoms with van der Waals surface area (Å²) in [7, 11) is -13.6. The molecule has 3 aliphatic rings. The lowest BCUT2D eigenvalue weighted by Gasteiger charge is -2.22. The predicted octanol–water partition coefficient (Wildman–Crippen LogP) is -1.36. The summed E-state index contributed by atoms with van der Waals surface area (Å²) in [6, 6.07) is 3.15. The molecule has 3 aromatic heterocycles. The molecule has 6 rings (SSSR count). The fraction of sp³-hybridized carbons (Fsp3) is 0.667. The molecule has 3 saturated heterocycles. The maximum Gasteiger partial charge on any atom is 0.340 e. The second-order valence-corrected chi connectivity index (χ2v) is 26.4. The summed E-state index contributed by atoms with van der Waals surface area (Å²) in [5.41, 5.74) is -5.79. The summed E-state index contributed by atoms with van der Waals surface area (Å²) in [5, 5.41) is 0.846. The summed E-state index contributed by atoms with van der Waals surface area (Å²) in [6.45, 7) is 10.1. The van der Waals surface area contributed by atoms with E-state index in [2.05, 4.69) is 9.44 Å². The van der Waals surface area contributed by atoms with Gasteiger partial charge in [-0.05, 0) is 74.6 Å². The number of hydrogen-bond donors (Lipinski definition) is 7. The Morgan fingerprint density at radius 1 is 0.615 bits per heavy atom. The van der Waals surface area contributed by atoms with Crippen LogP contribution < -0.4 is 43.2 Å². The molecule has 0 aromatic carbocycles. The van der Waals surface area contributed by atoms with Crippen LogP contribution in [0.5, 0.6) is 0 Å². The van der Waals surface area contributed by atoms with E-state index in [1.807, 2.05) is 15.0 Å². The number of rotatable bonds is 21. The quantitative estimate of drug-likeness (QED) is 0.0606. The highest BCUT2D eigenvalue weighted by Gasteiger charge is 2.50. The van der Waals surface area contributed by atoms with Gasteiger partial charge in [0.1, 0.15) is 24.4 Å². The van der Waals surface area contributed by atoms with Crippen molar-refractivity contribution in [2.75, 3.05) is 31.1 Å². The Morgan fingerprint density at radius 3 is 1.32 bits per heavy atom. The third-order valence-electron chi connectivity index (χ3n) is 11.2. The molecule has 12 atom stereocenters. The first kappa shape index (κ1) is 65.8. The topological polar surface area (TPSA) is 404 Å². The van der Waals surface area contributed by atoms with Gasteiger partial charge in [0.15, 0.2) is 52.5 Å². The Hall–Kier alpha value is -4.75.